The van der Waals surface area contributed by atoms with Gasteiger partial charge in [0.15, 0.2) is 0 Å². The molecule has 0 radical (unpaired) electrons. The number of carbonyl (C=O) groups is 1. The predicted molar refractivity (Wildman–Crippen MR) is 85.3 cm³/mol. The zero-order valence-corrected chi connectivity index (χ0v) is 13.3. The largest absolute Gasteiger partial charge is 0.341 e. The van der Waals surface area contributed by atoms with E-state index in [1.807, 2.05) is 19.4 Å². The number of aromatic nitrogens is 3. The molecule has 0 aliphatic carbocycles. The molecule has 1 amide bonds. The third kappa shape index (κ3) is 2.25. The first kappa shape index (κ1) is 13.6. The van der Waals surface area contributed by atoms with Crippen molar-refractivity contribution in [3.63, 3.8) is 0 Å². The van der Waals surface area contributed by atoms with E-state index in [9.17, 15) is 4.79 Å². The molecule has 2 aromatic heterocycles. The number of fused-ring (bicyclic) bond motifs is 1. The van der Waals surface area contributed by atoms with Crippen LogP contribution in [0.1, 0.15) is 28.2 Å². The minimum atomic E-state index is 0.0691. The Morgan fingerprint density at radius 3 is 2.59 bits per heavy atom. The second-order valence-corrected chi connectivity index (χ2v) is 6.74. The second-order valence-electron chi connectivity index (χ2n) is 5.74. The predicted octanol–water partition coefficient (Wildman–Crippen LogP) is 1.83. The minimum absolute atomic E-state index is 0.0691. The Morgan fingerprint density at radius 2 is 1.86 bits per heavy atom. The smallest absolute Gasteiger partial charge is 0.265 e. The molecular formula is C15H17N5OS. The molecule has 0 bridgehead atoms. The number of thiazole rings is 1. The molecule has 0 N–H and O–H groups in total. The average molecular weight is 315 g/mol. The topological polar surface area (TPSA) is 62.2 Å². The van der Waals surface area contributed by atoms with Crippen LogP contribution in [0.3, 0.4) is 0 Å². The van der Waals surface area contributed by atoms with Crippen LogP contribution in [0.2, 0.25) is 0 Å². The summed E-state index contributed by atoms with van der Waals surface area (Å²) < 4.78 is 0. The van der Waals surface area contributed by atoms with Crippen molar-refractivity contribution in [3.8, 4) is 10.6 Å². The van der Waals surface area contributed by atoms with Gasteiger partial charge >= 0.3 is 0 Å². The summed E-state index contributed by atoms with van der Waals surface area (Å²) in [5, 5.41) is 0.835. The average Bonchev–Trinajstić information content (AvgIpc) is 3.21. The van der Waals surface area contributed by atoms with Gasteiger partial charge in [0, 0.05) is 51.1 Å². The summed E-state index contributed by atoms with van der Waals surface area (Å²) in [6.45, 7) is 2.80. The first-order valence-corrected chi connectivity index (χ1v) is 8.36. The quantitative estimate of drug-likeness (QED) is 0.846. The standard InChI is InChI=1S/C15H17N5OS/c1-19-7-4-11-12(14(19)21)22-13(18-11)10-8-16-15(17-9-10)20-5-2-3-6-20/h8-9H,2-7H2,1H3. The Morgan fingerprint density at radius 1 is 1.14 bits per heavy atom. The van der Waals surface area contributed by atoms with Crippen molar-refractivity contribution in [1.29, 1.82) is 0 Å². The maximum absolute atomic E-state index is 12.1. The molecule has 1 saturated heterocycles. The SMILES string of the molecule is CN1CCc2nc(-c3cnc(N4CCCC4)nc3)sc2C1=O. The van der Waals surface area contributed by atoms with Crippen molar-refractivity contribution in [2.75, 3.05) is 31.6 Å². The highest BCUT2D eigenvalue weighted by Gasteiger charge is 2.26. The van der Waals surface area contributed by atoms with Gasteiger partial charge in [-0.3, -0.25) is 4.79 Å². The molecule has 4 heterocycles. The lowest BCUT2D eigenvalue weighted by atomic mass is 10.2. The zero-order valence-electron chi connectivity index (χ0n) is 12.4. The van der Waals surface area contributed by atoms with Crippen LogP contribution in [-0.4, -0.2) is 52.4 Å². The molecule has 2 aromatic rings. The molecule has 2 aliphatic heterocycles. The fourth-order valence-electron chi connectivity index (χ4n) is 2.87. The van der Waals surface area contributed by atoms with Gasteiger partial charge in [-0.2, -0.15) is 0 Å². The number of rotatable bonds is 2. The van der Waals surface area contributed by atoms with Gasteiger partial charge < -0.3 is 9.80 Å². The van der Waals surface area contributed by atoms with E-state index >= 15 is 0 Å². The van der Waals surface area contributed by atoms with Gasteiger partial charge in [-0.25, -0.2) is 15.0 Å². The van der Waals surface area contributed by atoms with E-state index in [2.05, 4.69) is 19.9 Å². The summed E-state index contributed by atoms with van der Waals surface area (Å²) in [7, 11) is 1.83. The van der Waals surface area contributed by atoms with Crippen LogP contribution in [0.25, 0.3) is 10.6 Å². The molecule has 0 atom stereocenters. The van der Waals surface area contributed by atoms with Crippen LogP contribution in [-0.2, 0) is 6.42 Å². The number of likely N-dealkylation sites (N-methyl/N-ethyl adjacent to an activating group) is 1. The van der Waals surface area contributed by atoms with Gasteiger partial charge in [-0.05, 0) is 12.8 Å². The van der Waals surface area contributed by atoms with E-state index in [4.69, 9.17) is 0 Å². The zero-order chi connectivity index (χ0) is 15.1. The van der Waals surface area contributed by atoms with Gasteiger partial charge in [-0.1, -0.05) is 0 Å². The number of hydrogen-bond donors (Lipinski definition) is 0. The van der Waals surface area contributed by atoms with E-state index < -0.39 is 0 Å². The molecule has 1 fully saturated rings. The summed E-state index contributed by atoms with van der Waals surface area (Å²) in [6, 6.07) is 0. The lowest BCUT2D eigenvalue weighted by Gasteiger charge is -2.20. The molecule has 2 aliphatic rings. The molecule has 22 heavy (non-hydrogen) atoms. The molecule has 0 saturated carbocycles. The van der Waals surface area contributed by atoms with Gasteiger partial charge in [0.25, 0.3) is 5.91 Å². The first-order chi connectivity index (χ1) is 10.7. The van der Waals surface area contributed by atoms with E-state index in [1.165, 1.54) is 24.2 Å². The fraction of sp³-hybridized carbons (Fsp3) is 0.467. The van der Waals surface area contributed by atoms with E-state index in [0.717, 1.165) is 53.1 Å². The number of nitrogens with zero attached hydrogens (tertiary/aromatic N) is 5. The monoisotopic (exact) mass is 315 g/mol. The number of anilines is 1. The Labute approximate surface area is 132 Å². The first-order valence-electron chi connectivity index (χ1n) is 7.55. The molecule has 0 spiro atoms. The molecule has 0 aromatic carbocycles. The van der Waals surface area contributed by atoms with Crippen molar-refractivity contribution in [2.45, 2.75) is 19.3 Å². The normalized spacial score (nSPS) is 18.0. The van der Waals surface area contributed by atoms with Crippen LogP contribution in [0.5, 0.6) is 0 Å². The number of amides is 1. The van der Waals surface area contributed by atoms with Gasteiger partial charge in [0.1, 0.15) is 9.88 Å². The van der Waals surface area contributed by atoms with Crippen molar-refractivity contribution in [2.24, 2.45) is 0 Å². The summed E-state index contributed by atoms with van der Waals surface area (Å²) >= 11 is 1.44. The lowest BCUT2D eigenvalue weighted by molar-refractivity contribution is 0.0785. The van der Waals surface area contributed by atoms with Crippen molar-refractivity contribution < 1.29 is 4.79 Å². The highest BCUT2D eigenvalue weighted by Crippen LogP contribution is 2.31. The van der Waals surface area contributed by atoms with Crippen LogP contribution < -0.4 is 4.90 Å². The fourth-order valence-corrected chi connectivity index (χ4v) is 3.95. The Bertz CT molecular complexity index is 705. The van der Waals surface area contributed by atoms with E-state index in [1.54, 1.807) is 4.90 Å². The van der Waals surface area contributed by atoms with Crippen molar-refractivity contribution in [3.05, 3.63) is 23.0 Å². The van der Waals surface area contributed by atoms with Crippen molar-refractivity contribution >= 4 is 23.2 Å². The summed E-state index contributed by atoms with van der Waals surface area (Å²) in [5.74, 6) is 0.859. The summed E-state index contributed by atoms with van der Waals surface area (Å²) in [4.78, 5) is 30.4. The number of carbonyl (C=O) groups excluding carboxylic acids is 1. The van der Waals surface area contributed by atoms with E-state index in [-0.39, 0.29) is 5.91 Å². The minimum Gasteiger partial charge on any atom is -0.341 e. The Balaban J connectivity index is 1.62. The van der Waals surface area contributed by atoms with Crippen LogP contribution in [0.15, 0.2) is 12.4 Å². The highest BCUT2D eigenvalue weighted by molar-refractivity contribution is 7.17. The molecule has 0 unspecified atom stereocenters. The van der Waals surface area contributed by atoms with Gasteiger partial charge in [0.05, 0.1) is 5.69 Å². The summed E-state index contributed by atoms with van der Waals surface area (Å²) in [5.41, 5.74) is 1.80. The van der Waals surface area contributed by atoms with Crippen LogP contribution in [0, 0.1) is 0 Å². The second kappa shape index (κ2) is 5.31. The molecular weight excluding hydrogens is 298 g/mol. The van der Waals surface area contributed by atoms with Crippen LogP contribution >= 0.6 is 11.3 Å². The summed E-state index contributed by atoms with van der Waals surface area (Å²) in [6.07, 6.45) is 6.87. The Kier molecular flexibility index (Phi) is 3.29. The van der Waals surface area contributed by atoms with Gasteiger partial charge in [0.2, 0.25) is 5.95 Å². The van der Waals surface area contributed by atoms with Crippen molar-refractivity contribution in [1.82, 2.24) is 19.9 Å². The van der Waals surface area contributed by atoms with Gasteiger partial charge in [-0.15, -0.1) is 11.3 Å². The maximum atomic E-state index is 12.1. The third-order valence-electron chi connectivity index (χ3n) is 4.20. The molecule has 6 nitrogen and oxygen atoms in total. The third-order valence-corrected chi connectivity index (χ3v) is 5.33. The molecule has 7 heteroatoms. The highest BCUT2D eigenvalue weighted by atomic mass is 32.1. The Hall–Kier alpha value is -2.02. The maximum Gasteiger partial charge on any atom is 0.265 e. The lowest BCUT2D eigenvalue weighted by Crippen LogP contribution is -2.33. The molecule has 4 rings (SSSR count). The molecule has 114 valence electrons. The van der Waals surface area contributed by atoms with Crippen LogP contribution in [0.4, 0.5) is 5.95 Å². The van der Waals surface area contributed by atoms with E-state index in [0.29, 0.717) is 0 Å². The number of hydrogen-bond acceptors (Lipinski definition) is 6.